The Bertz CT molecular complexity index is 904. The van der Waals surface area contributed by atoms with E-state index in [0.717, 1.165) is 38.5 Å². The summed E-state index contributed by atoms with van der Waals surface area (Å²) >= 11 is 0. The number of allylic oxidation sites excluding steroid dienone is 5. The van der Waals surface area contributed by atoms with Gasteiger partial charge in [-0.15, -0.1) is 0 Å². The molecule has 2 aliphatic carbocycles. The Balaban J connectivity index is 2.03. The predicted octanol–water partition coefficient (Wildman–Crippen LogP) is 9.60. The average Bonchev–Trinajstić information content (AvgIpc) is 3.30. The molecule has 0 unspecified atom stereocenters. The Labute approximate surface area is 236 Å². The summed E-state index contributed by atoms with van der Waals surface area (Å²) in [4.78, 5) is 13.8. The van der Waals surface area contributed by atoms with Crippen LogP contribution in [0.15, 0.2) is 34.9 Å². The molecule has 1 aliphatic heterocycles. The Morgan fingerprint density at radius 2 is 1.55 bits per heavy atom. The van der Waals surface area contributed by atoms with Gasteiger partial charge in [0, 0.05) is 11.3 Å². The normalized spacial score (nSPS) is 38.1. The van der Waals surface area contributed by atoms with Gasteiger partial charge < -0.3 is 9.16 Å². The first-order chi connectivity index (χ1) is 17.8. The fraction of sp³-hybridized carbons (Fsp3) is 0.794. The molecule has 1 saturated carbocycles. The molecule has 4 heteroatoms. The number of ether oxygens (including phenoxy) is 1. The van der Waals surface area contributed by atoms with Crippen LogP contribution < -0.4 is 0 Å². The van der Waals surface area contributed by atoms with Gasteiger partial charge in [0.25, 0.3) is 0 Å². The van der Waals surface area contributed by atoms with Crippen molar-refractivity contribution in [3.05, 3.63) is 34.9 Å². The van der Waals surface area contributed by atoms with E-state index in [9.17, 15) is 4.79 Å². The molecule has 0 bridgehead atoms. The molecule has 3 nitrogen and oxygen atoms in total. The second-order valence-electron chi connectivity index (χ2n) is 14.2. The first kappa shape index (κ1) is 31.6. The first-order valence-electron chi connectivity index (χ1n) is 15.6. The van der Waals surface area contributed by atoms with Gasteiger partial charge in [0.05, 0.1) is 12.7 Å². The van der Waals surface area contributed by atoms with Crippen molar-refractivity contribution >= 4 is 14.1 Å². The second kappa shape index (κ2) is 12.7. The van der Waals surface area contributed by atoms with Crippen LogP contribution in [0.1, 0.15) is 115 Å². The number of fused-ring (bicyclic) bond motifs is 3. The lowest BCUT2D eigenvalue weighted by atomic mass is 9.70. The van der Waals surface area contributed by atoms with Gasteiger partial charge in [0.15, 0.2) is 5.78 Å². The zero-order chi connectivity index (χ0) is 28.4. The van der Waals surface area contributed by atoms with Crippen molar-refractivity contribution in [3.63, 3.8) is 0 Å². The van der Waals surface area contributed by atoms with Gasteiger partial charge in [0.2, 0.25) is 8.32 Å². The van der Waals surface area contributed by atoms with Crippen molar-refractivity contribution in [2.45, 2.75) is 144 Å². The van der Waals surface area contributed by atoms with Gasteiger partial charge in [-0.1, -0.05) is 84.8 Å². The van der Waals surface area contributed by atoms with Crippen molar-refractivity contribution in [2.24, 2.45) is 23.2 Å². The van der Waals surface area contributed by atoms with E-state index in [1.165, 1.54) is 16.7 Å². The molecular weight excluding hydrogens is 484 g/mol. The van der Waals surface area contributed by atoms with Crippen LogP contribution in [-0.2, 0) is 14.0 Å². The SMILES string of the molecule is C/C1=C\C[C@]2(C)C(=O)[C@@H]3OC[C@@H](C)[C@@H]3[C@H]2C/C=C(\C)[C@@H](O[Si](C(C)C)(C(C)C)C(C)C)CC/C(C)=C/CC1. The van der Waals surface area contributed by atoms with Crippen LogP contribution in [0.2, 0.25) is 16.6 Å². The van der Waals surface area contributed by atoms with Crippen LogP contribution >= 0.6 is 0 Å². The van der Waals surface area contributed by atoms with Gasteiger partial charge in [-0.05, 0) is 93.3 Å². The first-order valence-corrected chi connectivity index (χ1v) is 17.7. The highest BCUT2D eigenvalue weighted by Gasteiger charge is 2.60. The zero-order valence-electron chi connectivity index (χ0n) is 26.5. The molecule has 0 aromatic heterocycles. The van der Waals surface area contributed by atoms with E-state index in [2.05, 4.69) is 94.4 Å². The molecule has 0 aromatic carbocycles. The summed E-state index contributed by atoms with van der Waals surface area (Å²) in [6.45, 7) is 26.4. The van der Waals surface area contributed by atoms with Crippen molar-refractivity contribution < 1.29 is 14.0 Å². The van der Waals surface area contributed by atoms with Crippen LogP contribution in [-0.4, -0.2) is 32.9 Å². The largest absolute Gasteiger partial charge is 0.409 e. The predicted molar refractivity (Wildman–Crippen MR) is 164 cm³/mol. The van der Waals surface area contributed by atoms with E-state index in [0.29, 0.717) is 46.8 Å². The third-order valence-electron chi connectivity index (χ3n) is 10.6. The van der Waals surface area contributed by atoms with E-state index in [-0.39, 0.29) is 17.6 Å². The molecule has 3 rings (SSSR count). The lowest BCUT2D eigenvalue weighted by Crippen LogP contribution is -2.50. The van der Waals surface area contributed by atoms with Crippen molar-refractivity contribution in [1.82, 2.24) is 0 Å². The van der Waals surface area contributed by atoms with Crippen molar-refractivity contribution in [3.8, 4) is 0 Å². The highest BCUT2D eigenvalue weighted by Crippen LogP contribution is 2.55. The van der Waals surface area contributed by atoms with E-state index in [1.54, 1.807) is 0 Å². The maximum absolute atomic E-state index is 13.8. The summed E-state index contributed by atoms with van der Waals surface area (Å²) in [5, 5.41) is 0. The number of ketones is 1. The fourth-order valence-corrected chi connectivity index (χ4v) is 13.8. The van der Waals surface area contributed by atoms with Crippen LogP contribution in [0.5, 0.6) is 0 Å². The molecule has 2 fully saturated rings. The molecular formula is C34H58O3Si. The van der Waals surface area contributed by atoms with Gasteiger partial charge in [-0.25, -0.2) is 0 Å². The van der Waals surface area contributed by atoms with Gasteiger partial charge in [-0.2, -0.15) is 0 Å². The molecule has 3 aliphatic rings. The maximum atomic E-state index is 13.8. The van der Waals surface area contributed by atoms with Crippen LogP contribution in [0.3, 0.4) is 0 Å². The fourth-order valence-electron chi connectivity index (χ4n) is 8.21. The molecule has 6 atom stereocenters. The molecule has 0 N–H and O–H groups in total. The summed E-state index contributed by atoms with van der Waals surface area (Å²) in [7, 11) is -2.03. The minimum atomic E-state index is -2.03. The number of carbonyl (C=O) groups excluding carboxylic acids is 1. The van der Waals surface area contributed by atoms with Crippen molar-refractivity contribution in [2.75, 3.05) is 6.61 Å². The summed E-state index contributed by atoms with van der Waals surface area (Å²) < 4.78 is 13.6. The molecule has 38 heavy (non-hydrogen) atoms. The number of hydrogen-bond acceptors (Lipinski definition) is 3. The lowest BCUT2D eigenvalue weighted by Gasteiger charge is -2.45. The Hall–Kier alpha value is -0.973. The maximum Gasteiger partial charge on any atom is 0.201 e. The number of carbonyl (C=O) groups is 1. The lowest BCUT2D eigenvalue weighted by molar-refractivity contribution is -0.134. The number of Topliss-reactive ketones (excluding diaryl/α,β-unsaturated/α-hetero) is 1. The second-order valence-corrected chi connectivity index (χ2v) is 19.6. The Morgan fingerprint density at radius 1 is 0.947 bits per heavy atom. The van der Waals surface area contributed by atoms with Gasteiger partial charge in [-0.3, -0.25) is 4.79 Å². The molecule has 1 heterocycles. The minimum absolute atomic E-state index is 0.138. The highest BCUT2D eigenvalue weighted by atomic mass is 28.4. The van der Waals surface area contributed by atoms with Crippen LogP contribution in [0.4, 0.5) is 0 Å². The smallest absolute Gasteiger partial charge is 0.201 e. The van der Waals surface area contributed by atoms with E-state index in [4.69, 9.17) is 9.16 Å². The molecule has 0 spiro atoms. The zero-order valence-corrected chi connectivity index (χ0v) is 27.5. The molecule has 216 valence electrons. The van der Waals surface area contributed by atoms with Gasteiger partial charge >= 0.3 is 0 Å². The van der Waals surface area contributed by atoms with Crippen molar-refractivity contribution in [1.29, 1.82) is 0 Å². The van der Waals surface area contributed by atoms with E-state index in [1.807, 2.05) is 0 Å². The summed E-state index contributed by atoms with van der Waals surface area (Å²) in [5.74, 6) is 1.40. The average molecular weight is 543 g/mol. The summed E-state index contributed by atoms with van der Waals surface area (Å²) in [6, 6.07) is 0. The standard InChI is InChI=1S/C34H58O3Si/c1-22(2)38(23(3)4,24(5)6)37-30-18-15-25(7)13-12-14-26(8)19-20-34(11)29(17-16-27(30)9)31-28(10)21-36-32(31)33(34)35/h13,16,19,22-24,28-32H,12,14-15,17-18,20-21H2,1-11H3/b25-13+,26-19+,27-16+/t28-,29-,30+,31-,32-,34+/m1/s1. The Morgan fingerprint density at radius 3 is 2.16 bits per heavy atom. The number of hydrogen-bond donors (Lipinski definition) is 0. The van der Waals surface area contributed by atoms with Crippen LogP contribution in [0, 0.1) is 23.2 Å². The topological polar surface area (TPSA) is 35.5 Å². The summed E-state index contributed by atoms with van der Waals surface area (Å²) in [5.41, 5.74) is 5.55. The summed E-state index contributed by atoms with van der Waals surface area (Å²) in [6.07, 6.45) is 13.2. The quantitative estimate of drug-likeness (QED) is 0.256. The molecule has 0 aromatic rings. The molecule has 0 amide bonds. The number of rotatable bonds is 5. The molecule has 1 saturated heterocycles. The third kappa shape index (κ3) is 6.18. The Kier molecular flexibility index (Phi) is 10.5. The monoisotopic (exact) mass is 542 g/mol. The minimum Gasteiger partial charge on any atom is -0.409 e. The highest BCUT2D eigenvalue weighted by molar-refractivity contribution is 6.77. The van der Waals surface area contributed by atoms with E-state index < -0.39 is 8.32 Å². The van der Waals surface area contributed by atoms with Gasteiger partial charge in [0.1, 0.15) is 6.10 Å². The van der Waals surface area contributed by atoms with Crippen LogP contribution in [0.25, 0.3) is 0 Å². The van der Waals surface area contributed by atoms with E-state index >= 15 is 0 Å². The third-order valence-corrected chi connectivity index (χ3v) is 16.7. The molecule has 0 radical (unpaired) electrons.